The van der Waals surface area contributed by atoms with Gasteiger partial charge in [-0.1, -0.05) is 18.2 Å². The summed E-state index contributed by atoms with van der Waals surface area (Å²) in [6.07, 6.45) is 4.50. The summed E-state index contributed by atoms with van der Waals surface area (Å²) < 4.78 is 32.7. The summed E-state index contributed by atoms with van der Waals surface area (Å²) in [5, 5.41) is 0. The Hall–Kier alpha value is -1.57. The quantitative estimate of drug-likeness (QED) is 0.634. The number of hydrogen-bond acceptors (Lipinski definition) is 6. The van der Waals surface area contributed by atoms with Crippen LogP contribution in [0.4, 0.5) is 11.4 Å². The molecule has 2 aliphatic rings. The first-order chi connectivity index (χ1) is 9.27. The van der Waals surface area contributed by atoms with Crippen molar-refractivity contribution in [3.8, 4) is 0 Å². The van der Waals surface area contributed by atoms with E-state index < -0.39 is 10.2 Å². The van der Waals surface area contributed by atoms with Gasteiger partial charge >= 0.3 is 0 Å². The van der Waals surface area contributed by atoms with Gasteiger partial charge in [-0.05, 0) is 30.7 Å². The number of rotatable bonds is 0. The van der Waals surface area contributed by atoms with E-state index >= 15 is 0 Å². The van der Waals surface area contributed by atoms with Gasteiger partial charge in [0, 0.05) is 13.6 Å². The van der Waals surface area contributed by atoms with Crippen molar-refractivity contribution < 1.29 is 28.9 Å². The van der Waals surface area contributed by atoms with Crippen molar-refractivity contribution in [3.63, 3.8) is 0 Å². The number of para-hydroxylation sites is 2. The number of allylic oxidation sites excluding steroid dienone is 2. The molecule has 2 aliphatic heterocycles. The van der Waals surface area contributed by atoms with Gasteiger partial charge < -0.3 is 9.80 Å². The molecular weight excluding hydrogens is 284 g/mol. The van der Waals surface area contributed by atoms with Gasteiger partial charge in [0.1, 0.15) is 5.82 Å². The third-order valence-corrected chi connectivity index (χ3v) is 3.11. The Morgan fingerprint density at radius 2 is 1.70 bits per heavy atom. The molecular formula is C13H15ClN2O4. The molecule has 0 atom stereocenters. The Morgan fingerprint density at radius 3 is 2.30 bits per heavy atom. The van der Waals surface area contributed by atoms with Gasteiger partial charge in [0.15, 0.2) is 0 Å². The van der Waals surface area contributed by atoms with E-state index in [1.807, 2.05) is 0 Å². The molecule has 0 amide bonds. The number of halogens is 1. The van der Waals surface area contributed by atoms with Crippen molar-refractivity contribution in [2.24, 2.45) is 0 Å². The lowest BCUT2D eigenvalue weighted by molar-refractivity contribution is -1.92. The normalized spacial score (nSPS) is 16.7. The van der Waals surface area contributed by atoms with E-state index in [1.54, 1.807) is 0 Å². The Morgan fingerprint density at radius 1 is 1.15 bits per heavy atom. The molecule has 0 aliphatic carbocycles. The van der Waals surface area contributed by atoms with E-state index in [0.29, 0.717) is 0 Å². The fourth-order valence-electron chi connectivity index (χ4n) is 2.27. The monoisotopic (exact) mass is 298 g/mol. The van der Waals surface area contributed by atoms with Crippen LogP contribution in [0.1, 0.15) is 6.92 Å². The van der Waals surface area contributed by atoms with Crippen LogP contribution in [0, 0.1) is 10.2 Å². The van der Waals surface area contributed by atoms with Gasteiger partial charge in [0.05, 0.1) is 26.3 Å². The highest BCUT2D eigenvalue weighted by atomic mass is 35.7. The second-order valence-electron chi connectivity index (χ2n) is 4.51. The Kier molecular flexibility index (Phi) is 4.03. The Balaban J connectivity index is 0.000000257. The summed E-state index contributed by atoms with van der Waals surface area (Å²) >= 11 is 0. The van der Waals surface area contributed by atoms with Crippen molar-refractivity contribution in [1.29, 1.82) is 0 Å². The third kappa shape index (κ3) is 3.30. The second-order valence-corrected chi connectivity index (χ2v) is 5.30. The predicted molar refractivity (Wildman–Crippen MR) is 66.2 cm³/mol. The molecule has 108 valence electrons. The van der Waals surface area contributed by atoms with Gasteiger partial charge in [-0.25, -0.2) is 0 Å². The first-order valence-corrected chi connectivity index (χ1v) is 7.16. The van der Waals surface area contributed by atoms with Crippen molar-refractivity contribution in [2.75, 3.05) is 23.4 Å². The maximum Gasteiger partial charge on any atom is 0.113 e. The third-order valence-electron chi connectivity index (χ3n) is 3.11. The summed E-state index contributed by atoms with van der Waals surface area (Å²) in [5.74, 6) is 1.29. The van der Waals surface area contributed by atoms with Gasteiger partial charge in [0.25, 0.3) is 0 Å². The fraction of sp³-hybridized carbons (Fsp3) is 0.231. The molecule has 0 fully saturated rings. The highest BCUT2D eigenvalue weighted by Gasteiger charge is 2.28. The first-order valence-electron chi connectivity index (χ1n) is 5.89. The average molecular weight is 299 g/mol. The molecule has 2 heterocycles. The van der Waals surface area contributed by atoms with Gasteiger partial charge in [-0.2, -0.15) is 14.0 Å². The maximum atomic E-state index is 8.60. The minimum absolute atomic E-state index is 0.985. The number of hydrogen-bond donors (Lipinski definition) is 1. The van der Waals surface area contributed by atoms with Crippen molar-refractivity contribution in [1.82, 2.24) is 0 Å². The zero-order valence-corrected chi connectivity index (χ0v) is 11.9. The topological polar surface area (TPSA) is 95.9 Å². The standard InChI is InChI=1S/C13H14N2.ClHO4/c1-10-7-8-15-12-6-4-3-5-11(12)14(2)13(15)9-10;2-1(3,4)5/h3-7,9H,8H2,1-2H3;(H,2,3,4,5). The van der Waals surface area contributed by atoms with E-state index in [4.69, 9.17) is 18.6 Å². The van der Waals surface area contributed by atoms with E-state index in [-0.39, 0.29) is 0 Å². The lowest BCUT2D eigenvalue weighted by atomic mass is 10.2. The molecule has 0 unspecified atom stereocenters. The molecule has 0 spiro atoms. The summed E-state index contributed by atoms with van der Waals surface area (Å²) in [6.45, 7) is 3.14. The van der Waals surface area contributed by atoms with Crippen LogP contribution in [-0.4, -0.2) is 18.3 Å². The van der Waals surface area contributed by atoms with Crippen LogP contribution in [0.5, 0.6) is 0 Å². The number of anilines is 2. The van der Waals surface area contributed by atoms with Crippen molar-refractivity contribution in [3.05, 3.63) is 47.8 Å². The van der Waals surface area contributed by atoms with Crippen LogP contribution in [0.3, 0.4) is 0 Å². The highest BCUT2D eigenvalue weighted by Crippen LogP contribution is 2.41. The largest absolute Gasteiger partial charge is 0.329 e. The second kappa shape index (κ2) is 5.43. The molecule has 1 aromatic rings. The minimum Gasteiger partial charge on any atom is -0.329 e. The molecule has 6 nitrogen and oxygen atoms in total. The Labute approximate surface area is 119 Å². The molecule has 1 aromatic carbocycles. The predicted octanol–water partition coefficient (Wildman–Crippen LogP) is -1.38. The zero-order chi connectivity index (χ0) is 14.9. The first kappa shape index (κ1) is 14.8. The minimum atomic E-state index is -4.69. The van der Waals surface area contributed by atoms with Crippen molar-refractivity contribution >= 4 is 11.4 Å². The van der Waals surface area contributed by atoms with E-state index in [2.05, 4.69) is 60.2 Å². The van der Waals surface area contributed by atoms with Gasteiger partial charge in [-0.15, -0.1) is 0 Å². The lowest BCUT2D eigenvalue weighted by Crippen LogP contribution is -2.58. The molecule has 7 heteroatoms. The molecule has 3 rings (SSSR count). The smallest absolute Gasteiger partial charge is 0.113 e. The molecule has 0 aromatic heterocycles. The van der Waals surface area contributed by atoms with Gasteiger partial charge in [-0.3, -0.25) is 0 Å². The van der Waals surface area contributed by atoms with E-state index in [9.17, 15) is 0 Å². The summed E-state index contributed by atoms with van der Waals surface area (Å²) in [5.41, 5.74) is 3.96. The van der Waals surface area contributed by atoms with E-state index in [0.717, 1.165) is 6.54 Å². The van der Waals surface area contributed by atoms with Crippen LogP contribution >= 0.6 is 0 Å². The van der Waals surface area contributed by atoms with Crippen LogP contribution in [-0.2, 0) is 0 Å². The molecule has 0 saturated carbocycles. The molecule has 0 radical (unpaired) electrons. The Bertz CT molecular complexity index is 560. The number of benzene rings is 1. The van der Waals surface area contributed by atoms with Crippen LogP contribution in [0.25, 0.3) is 0 Å². The summed E-state index contributed by atoms with van der Waals surface area (Å²) in [4.78, 5) is 4.61. The lowest BCUT2D eigenvalue weighted by Gasteiger charge is -2.25. The average Bonchev–Trinajstić information content (AvgIpc) is 2.62. The molecule has 1 N–H and O–H groups in total. The van der Waals surface area contributed by atoms with Crippen LogP contribution in [0.15, 0.2) is 47.8 Å². The van der Waals surface area contributed by atoms with E-state index in [1.165, 1.54) is 22.8 Å². The molecule has 20 heavy (non-hydrogen) atoms. The zero-order valence-electron chi connectivity index (χ0n) is 11.1. The number of nitrogens with zero attached hydrogens (tertiary/aromatic N) is 2. The summed E-state index contributed by atoms with van der Waals surface area (Å²) in [7, 11) is -2.57. The van der Waals surface area contributed by atoms with Gasteiger partial charge in [0.2, 0.25) is 0 Å². The number of fused-ring (bicyclic) bond motifs is 3. The summed E-state index contributed by atoms with van der Waals surface area (Å²) in [6, 6.07) is 8.54. The molecule has 0 saturated heterocycles. The van der Waals surface area contributed by atoms with Crippen LogP contribution in [0.2, 0.25) is 0 Å². The van der Waals surface area contributed by atoms with Crippen LogP contribution < -0.4 is 23.8 Å². The van der Waals surface area contributed by atoms with Crippen molar-refractivity contribution in [2.45, 2.75) is 6.92 Å². The maximum absolute atomic E-state index is 8.60. The SMILES string of the molecule is CC1=CCN2C(=C1)N(C)c1ccccc12.[O-][Cl+3]([O-])([O-])O. The fourth-order valence-corrected chi connectivity index (χ4v) is 2.27. The highest BCUT2D eigenvalue weighted by molar-refractivity contribution is 5.83. The molecule has 0 bridgehead atoms.